The molecule has 0 radical (unpaired) electrons. The van der Waals surface area contributed by atoms with E-state index in [0.29, 0.717) is 11.8 Å². The van der Waals surface area contributed by atoms with Gasteiger partial charge in [-0.3, -0.25) is 9.69 Å². The Morgan fingerprint density at radius 1 is 1.35 bits per heavy atom. The van der Waals surface area contributed by atoms with Crippen LogP contribution in [-0.4, -0.2) is 29.8 Å². The normalized spacial score (nSPS) is 24.3. The van der Waals surface area contributed by atoms with E-state index in [4.69, 9.17) is 0 Å². The number of hydrogen-bond acceptors (Lipinski definition) is 2. The van der Waals surface area contributed by atoms with Crippen LogP contribution in [0.2, 0.25) is 0 Å². The minimum absolute atomic E-state index is 0.352. The van der Waals surface area contributed by atoms with Crippen LogP contribution in [-0.2, 0) is 4.79 Å². The van der Waals surface area contributed by atoms with Crippen molar-refractivity contribution in [1.29, 1.82) is 0 Å². The van der Waals surface area contributed by atoms with Crippen LogP contribution in [0.4, 0.5) is 0 Å². The lowest BCUT2D eigenvalue weighted by molar-refractivity contribution is -0.118. The van der Waals surface area contributed by atoms with Crippen LogP contribution >= 0.6 is 0 Å². The van der Waals surface area contributed by atoms with Crippen molar-refractivity contribution in [3.63, 3.8) is 0 Å². The minimum Gasteiger partial charge on any atom is -0.300 e. The summed E-state index contributed by atoms with van der Waals surface area (Å²) < 4.78 is 0. The number of nitrogens with zero attached hydrogens (tertiary/aromatic N) is 1. The summed E-state index contributed by atoms with van der Waals surface area (Å²) in [4.78, 5) is 13.9. The second-order valence-electron chi connectivity index (χ2n) is 5.80. The van der Waals surface area contributed by atoms with Crippen LogP contribution in [0.15, 0.2) is 0 Å². The van der Waals surface area contributed by atoms with E-state index in [-0.39, 0.29) is 0 Å². The number of rotatable bonds is 6. The molecule has 0 amide bonds. The van der Waals surface area contributed by atoms with Gasteiger partial charge in [0.1, 0.15) is 5.78 Å². The van der Waals surface area contributed by atoms with Gasteiger partial charge in [0.25, 0.3) is 0 Å². The van der Waals surface area contributed by atoms with E-state index in [2.05, 4.69) is 18.7 Å². The fourth-order valence-corrected chi connectivity index (χ4v) is 3.02. The van der Waals surface area contributed by atoms with Gasteiger partial charge in [0, 0.05) is 19.0 Å². The highest BCUT2D eigenvalue weighted by Crippen LogP contribution is 2.21. The van der Waals surface area contributed by atoms with E-state index in [0.717, 1.165) is 12.3 Å². The molecule has 0 saturated carbocycles. The van der Waals surface area contributed by atoms with Gasteiger partial charge in [-0.1, -0.05) is 33.1 Å². The van der Waals surface area contributed by atoms with Gasteiger partial charge in [0.05, 0.1) is 0 Å². The van der Waals surface area contributed by atoms with Crippen LogP contribution < -0.4 is 0 Å². The van der Waals surface area contributed by atoms with E-state index in [1.165, 1.54) is 51.6 Å². The molecule has 0 aromatic heterocycles. The van der Waals surface area contributed by atoms with Crippen molar-refractivity contribution in [2.24, 2.45) is 5.92 Å². The predicted octanol–water partition coefficient (Wildman–Crippen LogP) is 3.65. The monoisotopic (exact) mass is 239 g/mol. The Balaban J connectivity index is 2.51. The summed E-state index contributed by atoms with van der Waals surface area (Å²) in [5.74, 6) is 1.12. The van der Waals surface area contributed by atoms with Gasteiger partial charge in [-0.05, 0) is 38.6 Å². The Bertz CT molecular complexity index is 227. The lowest BCUT2D eigenvalue weighted by atomic mass is 10.0. The maximum atomic E-state index is 11.4. The molecular formula is C15H29NO. The first-order chi connectivity index (χ1) is 8.13. The molecule has 1 saturated heterocycles. The minimum atomic E-state index is 0.352. The maximum absolute atomic E-state index is 11.4. The molecule has 0 spiro atoms. The van der Waals surface area contributed by atoms with E-state index in [9.17, 15) is 4.79 Å². The fourth-order valence-electron chi connectivity index (χ4n) is 3.02. The zero-order valence-electron chi connectivity index (χ0n) is 11.9. The molecule has 0 aromatic carbocycles. The Morgan fingerprint density at radius 3 is 2.76 bits per heavy atom. The molecule has 0 aliphatic carbocycles. The summed E-state index contributed by atoms with van der Waals surface area (Å²) >= 11 is 0. The quantitative estimate of drug-likeness (QED) is 0.705. The van der Waals surface area contributed by atoms with E-state index in [1.807, 2.05) is 0 Å². The summed E-state index contributed by atoms with van der Waals surface area (Å²) in [5, 5.41) is 0. The summed E-state index contributed by atoms with van der Waals surface area (Å²) in [7, 11) is 0. The van der Waals surface area contributed by atoms with Gasteiger partial charge in [0.15, 0.2) is 0 Å². The van der Waals surface area contributed by atoms with Crippen LogP contribution in [0.5, 0.6) is 0 Å². The standard InChI is InChI=1S/C15H29NO/c1-4-8-13(2)12-16-10-7-5-6-9-15(16)11-14(3)17/h13,15H,4-12H2,1-3H3. The van der Waals surface area contributed by atoms with Gasteiger partial charge in [0.2, 0.25) is 0 Å². The van der Waals surface area contributed by atoms with Gasteiger partial charge < -0.3 is 0 Å². The van der Waals surface area contributed by atoms with Crippen molar-refractivity contribution in [2.75, 3.05) is 13.1 Å². The average Bonchev–Trinajstić information content (AvgIpc) is 2.44. The predicted molar refractivity (Wildman–Crippen MR) is 73.2 cm³/mol. The smallest absolute Gasteiger partial charge is 0.131 e. The van der Waals surface area contributed by atoms with Crippen LogP contribution in [0.3, 0.4) is 0 Å². The van der Waals surface area contributed by atoms with Crippen molar-refractivity contribution < 1.29 is 4.79 Å². The number of hydrogen-bond donors (Lipinski definition) is 0. The molecule has 1 fully saturated rings. The Morgan fingerprint density at radius 2 is 2.12 bits per heavy atom. The Labute approximate surface area is 107 Å². The van der Waals surface area contributed by atoms with E-state index < -0.39 is 0 Å². The van der Waals surface area contributed by atoms with Gasteiger partial charge in [-0.25, -0.2) is 0 Å². The molecule has 0 N–H and O–H groups in total. The van der Waals surface area contributed by atoms with Gasteiger partial charge in [-0.15, -0.1) is 0 Å². The fraction of sp³-hybridized carbons (Fsp3) is 0.933. The molecule has 17 heavy (non-hydrogen) atoms. The molecule has 2 unspecified atom stereocenters. The summed E-state index contributed by atoms with van der Waals surface area (Å²) in [5.41, 5.74) is 0. The van der Waals surface area contributed by atoms with Crippen molar-refractivity contribution in [3.05, 3.63) is 0 Å². The third-order valence-corrected chi connectivity index (χ3v) is 3.85. The van der Waals surface area contributed by atoms with Crippen molar-refractivity contribution in [1.82, 2.24) is 4.90 Å². The van der Waals surface area contributed by atoms with Crippen LogP contribution in [0.1, 0.15) is 65.7 Å². The van der Waals surface area contributed by atoms with Crippen LogP contribution in [0.25, 0.3) is 0 Å². The first-order valence-electron chi connectivity index (χ1n) is 7.37. The molecule has 100 valence electrons. The maximum Gasteiger partial charge on any atom is 0.131 e. The molecular weight excluding hydrogens is 210 g/mol. The number of Topliss-reactive ketones (excluding diaryl/α,β-unsaturated/α-hetero) is 1. The highest BCUT2D eigenvalue weighted by atomic mass is 16.1. The molecule has 0 bridgehead atoms. The number of likely N-dealkylation sites (tertiary alicyclic amines) is 1. The highest BCUT2D eigenvalue weighted by molar-refractivity contribution is 5.76. The highest BCUT2D eigenvalue weighted by Gasteiger charge is 2.23. The topological polar surface area (TPSA) is 20.3 Å². The average molecular weight is 239 g/mol. The summed E-state index contributed by atoms with van der Waals surface area (Å²) in [6, 6.07) is 0.523. The van der Waals surface area contributed by atoms with Crippen molar-refractivity contribution in [2.45, 2.75) is 71.8 Å². The van der Waals surface area contributed by atoms with Gasteiger partial charge in [-0.2, -0.15) is 0 Å². The van der Waals surface area contributed by atoms with Crippen molar-refractivity contribution >= 4 is 5.78 Å². The SMILES string of the molecule is CCCC(C)CN1CCCCCC1CC(C)=O. The lowest BCUT2D eigenvalue weighted by Crippen LogP contribution is -2.39. The molecule has 1 rings (SSSR count). The van der Waals surface area contributed by atoms with Crippen LogP contribution in [0, 0.1) is 5.92 Å². The van der Waals surface area contributed by atoms with Gasteiger partial charge >= 0.3 is 0 Å². The molecule has 2 atom stereocenters. The third kappa shape index (κ3) is 5.67. The Kier molecular flexibility index (Phi) is 6.79. The number of ketones is 1. The number of carbonyl (C=O) groups is 1. The van der Waals surface area contributed by atoms with E-state index >= 15 is 0 Å². The zero-order valence-corrected chi connectivity index (χ0v) is 11.9. The first-order valence-corrected chi connectivity index (χ1v) is 7.37. The summed E-state index contributed by atoms with van der Waals surface area (Å²) in [6.45, 7) is 8.72. The lowest BCUT2D eigenvalue weighted by Gasteiger charge is -2.31. The largest absolute Gasteiger partial charge is 0.300 e. The summed E-state index contributed by atoms with van der Waals surface area (Å²) in [6.07, 6.45) is 8.52. The van der Waals surface area contributed by atoms with Crippen molar-refractivity contribution in [3.8, 4) is 0 Å². The molecule has 2 heteroatoms. The van der Waals surface area contributed by atoms with E-state index in [1.54, 1.807) is 6.92 Å². The molecule has 0 aromatic rings. The molecule has 1 aliphatic rings. The molecule has 2 nitrogen and oxygen atoms in total. The first kappa shape index (κ1) is 14.7. The second kappa shape index (κ2) is 7.86. The number of carbonyl (C=O) groups excluding carboxylic acids is 1. The second-order valence-corrected chi connectivity index (χ2v) is 5.80. The molecule has 1 heterocycles. The molecule has 1 aliphatic heterocycles. The third-order valence-electron chi connectivity index (χ3n) is 3.85. The Hall–Kier alpha value is -0.370. The zero-order chi connectivity index (χ0) is 12.7.